The second-order valence-electron chi connectivity index (χ2n) is 7.37. The number of carbonyl (C=O) groups excluding carboxylic acids is 2. The summed E-state index contributed by atoms with van der Waals surface area (Å²) in [4.78, 5) is 30.3. The third-order valence-electron chi connectivity index (χ3n) is 5.23. The summed E-state index contributed by atoms with van der Waals surface area (Å²) in [6, 6.07) is 14.7. The molecule has 0 saturated carbocycles. The number of likely N-dealkylation sites (tertiary alicyclic amines) is 1. The maximum atomic E-state index is 12.7. The van der Waals surface area contributed by atoms with Crippen molar-refractivity contribution in [2.75, 3.05) is 13.1 Å². The molecule has 3 aromatic rings. The highest BCUT2D eigenvalue weighted by molar-refractivity contribution is 5.95. The third kappa shape index (κ3) is 4.63. The van der Waals surface area contributed by atoms with Crippen molar-refractivity contribution in [3.63, 3.8) is 0 Å². The lowest BCUT2D eigenvalue weighted by molar-refractivity contribution is -0.159. The van der Waals surface area contributed by atoms with Gasteiger partial charge in [-0.3, -0.25) is 9.59 Å². The molecule has 1 aliphatic heterocycles. The number of amides is 2. The summed E-state index contributed by atoms with van der Waals surface area (Å²) in [5.41, 5.74) is 1.22. The number of alkyl halides is 3. The van der Waals surface area contributed by atoms with Crippen molar-refractivity contribution in [2.45, 2.75) is 25.1 Å². The summed E-state index contributed by atoms with van der Waals surface area (Å²) in [6.07, 6.45) is -3.07. The average molecular weight is 444 g/mol. The van der Waals surface area contributed by atoms with Crippen LogP contribution in [0.4, 0.5) is 13.2 Å². The molecule has 166 valence electrons. The van der Waals surface area contributed by atoms with E-state index < -0.39 is 12.1 Å². The van der Waals surface area contributed by atoms with E-state index in [0.29, 0.717) is 24.2 Å². The molecule has 1 N–H and O–H groups in total. The van der Waals surface area contributed by atoms with Crippen molar-refractivity contribution in [1.82, 2.24) is 20.4 Å². The third-order valence-corrected chi connectivity index (χ3v) is 5.23. The van der Waals surface area contributed by atoms with Gasteiger partial charge in [-0.2, -0.15) is 18.2 Å². The van der Waals surface area contributed by atoms with Crippen molar-refractivity contribution in [1.29, 1.82) is 0 Å². The molecule has 10 heteroatoms. The standard InChI is InChI=1S/C22H19F3N4O3/c23-22(24,25)21-27-18(28-32-21)14-8-10-15(11-9-14)19(30)26-13-17-7-4-12-29(17)20(31)16-5-2-1-3-6-16/h1-3,5-6,8-11,17H,4,7,12-13H2,(H,26,30). The summed E-state index contributed by atoms with van der Waals surface area (Å²) in [6.45, 7) is 0.937. The first kappa shape index (κ1) is 21.5. The second-order valence-corrected chi connectivity index (χ2v) is 7.37. The van der Waals surface area contributed by atoms with Gasteiger partial charge in [0, 0.05) is 35.8 Å². The van der Waals surface area contributed by atoms with Crippen molar-refractivity contribution in [3.8, 4) is 11.4 Å². The number of nitrogens with one attached hydrogen (secondary N) is 1. The summed E-state index contributed by atoms with van der Waals surface area (Å²) in [5.74, 6) is -2.06. The smallest absolute Gasteiger partial charge is 0.350 e. The zero-order valence-corrected chi connectivity index (χ0v) is 16.8. The van der Waals surface area contributed by atoms with E-state index in [0.717, 1.165) is 12.8 Å². The Balaban J connectivity index is 1.37. The van der Waals surface area contributed by atoms with Gasteiger partial charge >= 0.3 is 12.1 Å². The molecule has 1 aromatic heterocycles. The Kier molecular flexibility index (Phi) is 5.93. The Morgan fingerprint density at radius 2 is 1.78 bits per heavy atom. The Morgan fingerprint density at radius 1 is 1.06 bits per heavy atom. The van der Waals surface area contributed by atoms with Gasteiger partial charge in [-0.25, -0.2) is 0 Å². The molecule has 1 fully saturated rings. The Bertz CT molecular complexity index is 1100. The number of nitrogens with zero attached hydrogens (tertiary/aromatic N) is 3. The number of rotatable bonds is 5. The fraction of sp³-hybridized carbons (Fsp3) is 0.273. The largest absolute Gasteiger partial charge is 0.471 e. The van der Waals surface area contributed by atoms with Crippen molar-refractivity contribution in [2.24, 2.45) is 0 Å². The number of aromatic nitrogens is 2. The Labute approximate surface area is 181 Å². The number of halogens is 3. The fourth-order valence-electron chi connectivity index (χ4n) is 3.60. The number of hydrogen-bond donors (Lipinski definition) is 1. The molecule has 2 heterocycles. The molecule has 4 rings (SSSR count). The van der Waals surface area contributed by atoms with Gasteiger partial charge in [-0.1, -0.05) is 35.5 Å². The van der Waals surface area contributed by atoms with Crippen LogP contribution in [0.1, 0.15) is 39.4 Å². The van der Waals surface area contributed by atoms with Gasteiger partial charge < -0.3 is 14.7 Å². The van der Waals surface area contributed by atoms with E-state index >= 15 is 0 Å². The summed E-state index contributed by atoms with van der Waals surface area (Å²) >= 11 is 0. The van der Waals surface area contributed by atoms with Crippen molar-refractivity contribution >= 4 is 11.8 Å². The maximum absolute atomic E-state index is 12.7. The van der Waals surface area contributed by atoms with E-state index in [9.17, 15) is 22.8 Å². The average Bonchev–Trinajstić information content (AvgIpc) is 3.47. The van der Waals surface area contributed by atoms with Gasteiger partial charge in [0.05, 0.1) is 0 Å². The fourth-order valence-corrected chi connectivity index (χ4v) is 3.60. The summed E-state index contributed by atoms with van der Waals surface area (Å²) in [7, 11) is 0. The quantitative estimate of drug-likeness (QED) is 0.647. The monoisotopic (exact) mass is 444 g/mol. The Hall–Kier alpha value is -3.69. The lowest BCUT2D eigenvalue weighted by Crippen LogP contribution is -2.43. The SMILES string of the molecule is O=C(NCC1CCCN1C(=O)c1ccccc1)c1ccc(-c2noc(C(F)(F)F)n2)cc1. The predicted octanol–water partition coefficient (Wildman–Crippen LogP) is 3.79. The zero-order valence-electron chi connectivity index (χ0n) is 16.8. The van der Waals surface area contributed by atoms with Gasteiger partial charge in [0.15, 0.2) is 0 Å². The predicted molar refractivity (Wildman–Crippen MR) is 108 cm³/mol. The molecule has 1 saturated heterocycles. The Morgan fingerprint density at radius 3 is 2.44 bits per heavy atom. The molecular weight excluding hydrogens is 425 g/mol. The van der Waals surface area contributed by atoms with Gasteiger partial charge in [-0.15, -0.1) is 0 Å². The minimum atomic E-state index is -4.72. The highest BCUT2D eigenvalue weighted by Gasteiger charge is 2.38. The van der Waals surface area contributed by atoms with Crippen LogP contribution < -0.4 is 5.32 Å². The first-order valence-electron chi connectivity index (χ1n) is 9.98. The molecule has 0 bridgehead atoms. The van der Waals surface area contributed by atoms with Crippen LogP contribution in [0.15, 0.2) is 59.1 Å². The highest BCUT2D eigenvalue weighted by Crippen LogP contribution is 2.29. The first-order chi connectivity index (χ1) is 15.3. The molecule has 7 nitrogen and oxygen atoms in total. The van der Waals surface area contributed by atoms with Crippen LogP contribution in [-0.4, -0.2) is 46.0 Å². The maximum Gasteiger partial charge on any atom is 0.471 e. The molecular formula is C22H19F3N4O3. The molecule has 0 spiro atoms. The lowest BCUT2D eigenvalue weighted by Gasteiger charge is -2.25. The van der Waals surface area contributed by atoms with Crippen LogP contribution in [0.25, 0.3) is 11.4 Å². The minimum Gasteiger partial charge on any atom is -0.350 e. The second kappa shape index (κ2) is 8.81. The number of benzene rings is 2. The lowest BCUT2D eigenvalue weighted by atomic mass is 10.1. The van der Waals surface area contributed by atoms with Crippen LogP contribution in [0.3, 0.4) is 0 Å². The highest BCUT2D eigenvalue weighted by atomic mass is 19.4. The first-order valence-corrected chi connectivity index (χ1v) is 9.98. The van der Waals surface area contributed by atoms with E-state index in [1.165, 1.54) is 24.3 Å². The van der Waals surface area contributed by atoms with E-state index in [1.807, 2.05) is 18.2 Å². The van der Waals surface area contributed by atoms with Gasteiger partial charge in [0.2, 0.25) is 5.82 Å². The molecule has 2 amide bonds. The minimum absolute atomic E-state index is 0.0648. The molecule has 1 aliphatic rings. The van der Waals surface area contributed by atoms with Crippen molar-refractivity contribution < 1.29 is 27.3 Å². The molecule has 32 heavy (non-hydrogen) atoms. The van der Waals surface area contributed by atoms with E-state index in [-0.39, 0.29) is 29.2 Å². The number of carbonyl (C=O) groups is 2. The normalized spacial score (nSPS) is 16.2. The zero-order chi connectivity index (χ0) is 22.7. The van der Waals surface area contributed by atoms with Crippen LogP contribution in [0.2, 0.25) is 0 Å². The molecule has 1 atom stereocenters. The number of hydrogen-bond acceptors (Lipinski definition) is 5. The van der Waals surface area contributed by atoms with E-state index in [4.69, 9.17) is 0 Å². The topological polar surface area (TPSA) is 88.3 Å². The van der Waals surface area contributed by atoms with Crippen LogP contribution in [-0.2, 0) is 6.18 Å². The summed E-state index contributed by atoms with van der Waals surface area (Å²) < 4.78 is 42.0. The summed E-state index contributed by atoms with van der Waals surface area (Å²) in [5, 5.41) is 6.15. The van der Waals surface area contributed by atoms with Crippen LogP contribution in [0, 0.1) is 0 Å². The van der Waals surface area contributed by atoms with Crippen LogP contribution in [0.5, 0.6) is 0 Å². The van der Waals surface area contributed by atoms with Gasteiger partial charge in [0.1, 0.15) is 0 Å². The van der Waals surface area contributed by atoms with E-state index in [1.54, 1.807) is 17.0 Å². The van der Waals surface area contributed by atoms with Crippen molar-refractivity contribution in [3.05, 3.63) is 71.6 Å². The van der Waals surface area contributed by atoms with E-state index in [2.05, 4.69) is 20.0 Å². The van der Waals surface area contributed by atoms with Gasteiger partial charge in [-0.05, 0) is 37.1 Å². The molecule has 0 aliphatic carbocycles. The molecule has 0 radical (unpaired) electrons. The molecule has 1 unspecified atom stereocenters. The molecule has 2 aromatic carbocycles. The van der Waals surface area contributed by atoms with Crippen LogP contribution >= 0.6 is 0 Å². The van der Waals surface area contributed by atoms with Gasteiger partial charge in [0.25, 0.3) is 11.8 Å².